The molecule has 0 amide bonds. The molecule has 17 heavy (non-hydrogen) atoms. The van der Waals surface area contributed by atoms with Gasteiger partial charge >= 0.3 is 0 Å². The van der Waals surface area contributed by atoms with E-state index in [-0.39, 0.29) is 12.7 Å². The van der Waals surface area contributed by atoms with Gasteiger partial charge in [-0.05, 0) is 18.9 Å². The van der Waals surface area contributed by atoms with Gasteiger partial charge in [0.15, 0.2) is 0 Å². The van der Waals surface area contributed by atoms with Crippen molar-refractivity contribution in [1.29, 1.82) is 0 Å². The Labute approximate surface area is 102 Å². The van der Waals surface area contributed by atoms with Crippen LogP contribution in [-0.2, 0) is 18.2 Å². The van der Waals surface area contributed by atoms with E-state index >= 15 is 0 Å². The van der Waals surface area contributed by atoms with E-state index in [0.29, 0.717) is 12.6 Å². The third-order valence-corrected chi connectivity index (χ3v) is 3.28. The summed E-state index contributed by atoms with van der Waals surface area (Å²) in [6.45, 7) is 4.79. The van der Waals surface area contributed by atoms with Gasteiger partial charge in [-0.3, -0.25) is 9.58 Å². The van der Waals surface area contributed by atoms with Crippen molar-refractivity contribution >= 4 is 0 Å². The molecule has 0 radical (unpaired) electrons. The van der Waals surface area contributed by atoms with Gasteiger partial charge in [-0.2, -0.15) is 5.10 Å². The summed E-state index contributed by atoms with van der Waals surface area (Å²) in [7, 11) is 1.93. The van der Waals surface area contributed by atoms with Crippen molar-refractivity contribution in [3.8, 4) is 0 Å². The minimum Gasteiger partial charge on any atom is -0.394 e. The number of aliphatic hydroxyl groups is 1. The topological polar surface area (TPSA) is 50.5 Å². The summed E-state index contributed by atoms with van der Waals surface area (Å²) in [5, 5.41) is 13.3. The minimum atomic E-state index is -0.0277. The lowest BCUT2D eigenvalue weighted by molar-refractivity contribution is -0.0773. The summed E-state index contributed by atoms with van der Waals surface area (Å²) in [5.41, 5.74) is 1.26. The van der Waals surface area contributed by atoms with Crippen molar-refractivity contribution in [3.63, 3.8) is 0 Å². The summed E-state index contributed by atoms with van der Waals surface area (Å²) < 4.78 is 7.35. The molecular formula is C12H21N3O2. The molecule has 1 saturated heterocycles. The van der Waals surface area contributed by atoms with Gasteiger partial charge in [-0.15, -0.1) is 0 Å². The highest BCUT2D eigenvalue weighted by atomic mass is 16.5. The molecule has 5 heteroatoms. The Morgan fingerprint density at radius 3 is 3.06 bits per heavy atom. The van der Waals surface area contributed by atoms with Gasteiger partial charge in [0, 0.05) is 32.4 Å². The Balaban J connectivity index is 1.84. The van der Waals surface area contributed by atoms with Gasteiger partial charge in [0.1, 0.15) is 0 Å². The number of aliphatic hydroxyl groups excluding tert-OH is 1. The predicted molar refractivity (Wildman–Crippen MR) is 64.8 cm³/mol. The number of nitrogens with zero attached hydrogens (tertiary/aromatic N) is 3. The van der Waals surface area contributed by atoms with Crippen LogP contribution in [0.5, 0.6) is 0 Å². The summed E-state index contributed by atoms with van der Waals surface area (Å²) in [4.78, 5) is 2.37. The van der Waals surface area contributed by atoms with Crippen LogP contribution in [0.3, 0.4) is 0 Å². The van der Waals surface area contributed by atoms with Crippen LogP contribution >= 0.6 is 0 Å². The smallest absolute Gasteiger partial charge is 0.0933 e. The molecule has 0 bridgehead atoms. The molecular weight excluding hydrogens is 218 g/mol. The van der Waals surface area contributed by atoms with E-state index < -0.39 is 0 Å². The van der Waals surface area contributed by atoms with Gasteiger partial charge in [-0.1, -0.05) is 0 Å². The van der Waals surface area contributed by atoms with E-state index in [9.17, 15) is 0 Å². The maximum Gasteiger partial charge on any atom is 0.0933 e. The number of morpholine rings is 1. The highest BCUT2D eigenvalue weighted by Crippen LogP contribution is 2.12. The molecule has 5 nitrogen and oxygen atoms in total. The van der Waals surface area contributed by atoms with Gasteiger partial charge in [0.2, 0.25) is 0 Å². The number of aryl methyl sites for hydroxylation is 1. The van der Waals surface area contributed by atoms with Crippen LogP contribution in [0.1, 0.15) is 12.5 Å². The second-order valence-corrected chi connectivity index (χ2v) is 4.75. The van der Waals surface area contributed by atoms with E-state index in [1.165, 1.54) is 5.56 Å². The van der Waals surface area contributed by atoms with E-state index in [2.05, 4.69) is 23.1 Å². The molecule has 0 aliphatic carbocycles. The second kappa shape index (κ2) is 5.62. The average molecular weight is 239 g/mol. The molecule has 2 unspecified atom stereocenters. The average Bonchev–Trinajstić information content (AvgIpc) is 2.74. The Morgan fingerprint density at radius 2 is 2.41 bits per heavy atom. The fourth-order valence-electron chi connectivity index (χ4n) is 2.17. The zero-order chi connectivity index (χ0) is 12.3. The first-order valence-electron chi connectivity index (χ1n) is 6.13. The Bertz CT molecular complexity index is 353. The molecule has 1 aliphatic rings. The lowest BCUT2D eigenvalue weighted by Gasteiger charge is -2.37. The summed E-state index contributed by atoms with van der Waals surface area (Å²) >= 11 is 0. The zero-order valence-corrected chi connectivity index (χ0v) is 10.5. The van der Waals surface area contributed by atoms with Gasteiger partial charge in [-0.25, -0.2) is 0 Å². The molecule has 2 rings (SSSR count). The number of aromatic nitrogens is 2. The highest BCUT2D eigenvalue weighted by Gasteiger charge is 2.25. The first-order valence-corrected chi connectivity index (χ1v) is 6.13. The van der Waals surface area contributed by atoms with Crippen LogP contribution in [0.15, 0.2) is 12.4 Å². The molecule has 0 aromatic carbocycles. The largest absolute Gasteiger partial charge is 0.394 e. The zero-order valence-electron chi connectivity index (χ0n) is 10.5. The fraction of sp³-hybridized carbons (Fsp3) is 0.750. The molecule has 1 fully saturated rings. The Kier molecular flexibility index (Phi) is 4.15. The number of rotatable bonds is 4. The Hall–Kier alpha value is -0.910. The van der Waals surface area contributed by atoms with Crippen molar-refractivity contribution in [3.05, 3.63) is 18.0 Å². The standard InChI is InChI=1S/C12H21N3O2/c1-10-9-17-12(8-16)7-15(10)4-3-11-5-13-14(2)6-11/h5-6,10,12,16H,3-4,7-9H2,1-2H3. The quantitative estimate of drug-likeness (QED) is 0.806. The molecule has 1 N–H and O–H groups in total. The van der Waals surface area contributed by atoms with Crippen molar-refractivity contribution in [2.45, 2.75) is 25.5 Å². The number of ether oxygens (including phenoxy) is 1. The maximum atomic E-state index is 9.12. The molecule has 2 atom stereocenters. The normalized spacial score (nSPS) is 26.3. The van der Waals surface area contributed by atoms with Crippen molar-refractivity contribution < 1.29 is 9.84 Å². The molecule has 1 aromatic heterocycles. The predicted octanol–water partition coefficient (Wildman–Crippen LogP) is 0.0442. The van der Waals surface area contributed by atoms with Crippen LogP contribution in [0.4, 0.5) is 0 Å². The third kappa shape index (κ3) is 3.28. The molecule has 2 heterocycles. The molecule has 0 spiro atoms. The molecule has 1 aliphatic heterocycles. The third-order valence-electron chi connectivity index (χ3n) is 3.28. The number of hydrogen-bond donors (Lipinski definition) is 1. The molecule has 96 valence electrons. The van der Waals surface area contributed by atoms with Crippen LogP contribution in [0.2, 0.25) is 0 Å². The monoisotopic (exact) mass is 239 g/mol. The highest BCUT2D eigenvalue weighted by molar-refractivity contribution is 5.04. The lowest BCUT2D eigenvalue weighted by atomic mass is 10.1. The van der Waals surface area contributed by atoms with E-state index in [4.69, 9.17) is 9.84 Å². The van der Waals surface area contributed by atoms with Crippen molar-refractivity contribution in [1.82, 2.24) is 14.7 Å². The van der Waals surface area contributed by atoms with Crippen LogP contribution in [0.25, 0.3) is 0 Å². The summed E-state index contributed by atoms with van der Waals surface area (Å²) in [5.74, 6) is 0. The second-order valence-electron chi connectivity index (χ2n) is 4.75. The van der Waals surface area contributed by atoms with Gasteiger partial charge < -0.3 is 9.84 Å². The van der Waals surface area contributed by atoms with Crippen molar-refractivity contribution in [2.24, 2.45) is 7.05 Å². The van der Waals surface area contributed by atoms with E-state index in [0.717, 1.165) is 19.5 Å². The summed E-state index contributed by atoms with van der Waals surface area (Å²) in [6.07, 6.45) is 4.93. The number of hydrogen-bond acceptors (Lipinski definition) is 4. The lowest BCUT2D eigenvalue weighted by Crippen LogP contribution is -2.50. The van der Waals surface area contributed by atoms with E-state index in [1.807, 2.05) is 17.9 Å². The molecule has 0 saturated carbocycles. The van der Waals surface area contributed by atoms with Gasteiger partial charge in [0.05, 0.1) is 25.5 Å². The maximum absolute atomic E-state index is 9.12. The SMILES string of the molecule is CC1COC(CO)CN1CCc1cnn(C)c1. The van der Waals surface area contributed by atoms with Crippen LogP contribution in [0, 0.1) is 0 Å². The van der Waals surface area contributed by atoms with Crippen LogP contribution < -0.4 is 0 Å². The summed E-state index contributed by atoms with van der Waals surface area (Å²) in [6, 6.07) is 0.425. The van der Waals surface area contributed by atoms with Crippen molar-refractivity contribution in [2.75, 3.05) is 26.3 Å². The first kappa shape index (κ1) is 12.5. The van der Waals surface area contributed by atoms with Crippen LogP contribution in [-0.4, -0.2) is 58.2 Å². The fourth-order valence-corrected chi connectivity index (χ4v) is 2.17. The first-order chi connectivity index (χ1) is 8.19. The molecule has 1 aromatic rings. The van der Waals surface area contributed by atoms with Gasteiger partial charge in [0.25, 0.3) is 0 Å². The Morgan fingerprint density at radius 1 is 1.59 bits per heavy atom. The van der Waals surface area contributed by atoms with E-state index in [1.54, 1.807) is 0 Å². The minimum absolute atomic E-state index is 0.0277.